The summed E-state index contributed by atoms with van der Waals surface area (Å²) in [5, 5.41) is 20.6. The Balaban J connectivity index is 4.40. The first kappa shape index (κ1) is 101. The van der Waals surface area contributed by atoms with Crippen LogP contribution >= 0.6 is 15.6 Å². The molecule has 0 radical (unpaired) electrons. The van der Waals surface area contributed by atoms with E-state index in [1.54, 1.807) is 0 Å². The van der Waals surface area contributed by atoms with Crippen LogP contribution in [0.1, 0.15) is 380 Å². The maximum Gasteiger partial charge on any atom is 0.472 e. The van der Waals surface area contributed by atoms with Gasteiger partial charge in [-0.05, 0) is 109 Å². The van der Waals surface area contributed by atoms with Crippen LogP contribution in [-0.2, 0) is 55.8 Å². The molecule has 0 aliphatic heterocycles. The smallest absolute Gasteiger partial charge is 0.463 e. The standard InChI is InChI=1S/C87H156O16P2/c1-4-7-10-13-16-19-22-24-26-28-30-32-34-36-38-40-42-44-46-48-50-52-54-56-59-61-64-67-70-73-85(90)97-76-82(88)77-99-104(93,94)100-78-83(89)79-101-105(95,96)102-81-84(103-87(92)75-72-69-66-63-58-21-18-15-12-9-6-3)80-98-86(91)74-71-68-65-62-60-57-55-53-51-49-47-45-43-41-39-37-35-33-31-29-27-25-23-20-17-14-11-8-5-2/h16-17,19-20,24-27,30-33,36-39,82-84,88-89H,4-15,18,21-23,28-29,34-35,40-81H2,1-3H3,(H,93,94)(H,95,96)/b19-16-,20-17-,26-24-,27-25-,32-30-,33-31-,38-36-,39-37-. The lowest BCUT2D eigenvalue weighted by atomic mass is 10.0. The quantitative estimate of drug-likeness (QED) is 0.0146. The molecule has 0 heterocycles. The van der Waals surface area contributed by atoms with Crippen molar-refractivity contribution in [2.24, 2.45) is 0 Å². The Kier molecular flexibility index (Phi) is 77.3. The molecular formula is C87H156O16P2. The zero-order chi connectivity index (χ0) is 76.6. The minimum Gasteiger partial charge on any atom is -0.463 e. The highest BCUT2D eigenvalue weighted by atomic mass is 31.2. The third-order valence-corrected chi connectivity index (χ3v) is 20.2. The van der Waals surface area contributed by atoms with Gasteiger partial charge in [0.2, 0.25) is 0 Å². The Morgan fingerprint density at radius 2 is 0.476 bits per heavy atom. The zero-order valence-electron chi connectivity index (χ0n) is 66.9. The monoisotopic (exact) mass is 1520 g/mol. The number of unbranched alkanes of at least 4 members (excludes halogenated alkanes) is 42. The van der Waals surface area contributed by atoms with E-state index in [1.807, 2.05) is 0 Å². The van der Waals surface area contributed by atoms with E-state index in [0.717, 1.165) is 116 Å². The lowest BCUT2D eigenvalue weighted by molar-refractivity contribution is -0.161. The number of phosphoric acid groups is 2. The Labute approximate surface area is 641 Å². The molecule has 18 heteroatoms. The van der Waals surface area contributed by atoms with Gasteiger partial charge in [-0.2, -0.15) is 0 Å². The Hall–Kier alpha value is -3.53. The van der Waals surface area contributed by atoms with Crippen LogP contribution < -0.4 is 0 Å². The van der Waals surface area contributed by atoms with E-state index >= 15 is 0 Å². The highest BCUT2D eigenvalue weighted by Gasteiger charge is 2.29. The van der Waals surface area contributed by atoms with Crippen molar-refractivity contribution >= 4 is 33.6 Å². The Bertz CT molecular complexity index is 2300. The van der Waals surface area contributed by atoms with Crippen molar-refractivity contribution < 1.29 is 75.8 Å². The van der Waals surface area contributed by atoms with Crippen molar-refractivity contribution in [2.45, 2.75) is 399 Å². The normalized spacial score (nSPS) is 14.4. The van der Waals surface area contributed by atoms with Crippen LogP contribution in [0.5, 0.6) is 0 Å². The van der Waals surface area contributed by atoms with Gasteiger partial charge in [-0.25, -0.2) is 9.13 Å². The maximum absolute atomic E-state index is 12.9. The summed E-state index contributed by atoms with van der Waals surface area (Å²) < 4.78 is 61.2. The van der Waals surface area contributed by atoms with Gasteiger partial charge in [-0.1, -0.05) is 349 Å². The molecule has 0 aliphatic carbocycles. The number of hydrogen-bond acceptors (Lipinski definition) is 14. The van der Waals surface area contributed by atoms with Crippen LogP contribution in [0, 0.1) is 0 Å². The van der Waals surface area contributed by atoms with E-state index < -0.39 is 91.5 Å². The van der Waals surface area contributed by atoms with E-state index in [0.29, 0.717) is 19.3 Å². The van der Waals surface area contributed by atoms with Crippen LogP contribution in [-0.4, -0.2) is 95.9 Å². The van der Waals surface area contributed by atoms with Gasteiger partial charge in [0.1, 0.15) is 25.4 Å². The topological polar surface area (TPSA) is 231 Å². The molecule has 105 heavy (non-hydrogen) atoms. The van der Waals surface area contributed by atoms with E-state index in [9.17, 15) is 43.5 Å². The molecule has 0 saturated carbocycles. The highest BCUT2D eigenvalue weighted by molar-refractivity contribution is 7.47. The molecule has 0 aromatic carbocycles. The third kappa shape index (κ3) is 81.3. The summed E-state index contributed by atoms with van der Waals surface area (Å²) in [5.41, 5.74) is 0. The fraction of sp³-hybridized carbons (Fsp3) is 0.782. The van der Waals surface area contributed by atoms with Crippen LogP contribution in [0.4, 0.5) is 0 Å². The van der Waals surface area contributed by atoms with Gasteiger partial charge >= 0.3 is 33.6 Å². The molecule has 0 rings (SSSR count). The second-order valence-corrected chi connectivity index (χ2v) is 31.5. The van der Waals surface area contributed by atoms with Gasteiger partial charge in [-0.3, -0.25) is 32.5 Å². The summed E-state index contributed by atoms with van der Waals surface area (Å²) in [5.74, 6) is -1.56. The molecular weight excluding hydrogens is 1360 g/mol. The molecule has 5 atom stereocenters. The second-order valence-electron chi connectivity index (χ2n) is 28.6. The molecule has 610 valence electrons. The number of aliphatic hydroxyl groups excluding tert-OH is 2. The van der Waals surface area contributed by atoms with Crippen molar-refractivity contribution in [1.82, 2.24) is 0 Å². The van der Waals surface area contributed by atoms with Gasteiger partial charge < -0.3 is 34.2 Å². The van der Waals surface area contributed by atoms with Gasteiger partial charge in [0.15, 0.2) is 6.10 Å². The summed E-state index contributed by atoms with van der Waals surface area (Å²) in [7, 11) is -9.78. The number of rotatable bonds is 81. The average molecular weight is 1520 g/mol. The second kappa shape index (κ2) is 80.0. The van der Waals surface area contributed by atoms with Gasteiger partial charge in [0, 0.05) is 19.3 Å². The first-order valence-electron chi connectivity index (χ1n) is 42.5. The predicted octanol–water partition coefficient (Wildman–Crippen LogP) is 25.3. The molecule has 0 bridgehead atoms. The third-order valence-electron chi connectivity index (χ3n) is 18.3. The van der Waals surface area contributed by atoms with Crippen LogP contribution in [0.15, 0.2) is 97.2 Å². The lowest BCUT2D eigenvalue weighted by Crippen LogP contribution is -2.30. The molecule has 0 fully saturated rings. The molecule has 0 aromatic heterocycles. The molecule has 4 N–H and O–H groups in total. The SMILES string of the molecule is CCCCC/C=C\C/C=C\C/C=C\C/C=C\CCCCCCCCCCCCCCCC(=O)OCC(O)COP(=O)(O)OCC(O)COP(=O)(O)OCC(COC(=O)CCCCCCCCCCCCCCC/C=C\C/C=C\C/C=C\C/C=C\CCCCC)OC(=O)CCCCCCCCCCCCC. The van der Waals surface area contributed by atoms with Gasteiger partial charge in [-0.15, -0.1) is 0 Å². The maximum atomic E-state index is 12.9. The summed E-state index contributed by atoms with van der Waals surface area (Å²) in [6.45, 7) is 2.67. The van der Waals surface area contributed by atoms with E-state index in [2.05, 4.69) is 118 Å². The van der Waals surface area contributed by atoms with Crippen LogP contribution in [0.2, 0.25) is 0 Å². The molecule has 5 unspecified atom stereocenters. The highest BCUT2D eigenvalue weighted by Crippen LogP contribution is 2.45. The molecule has 0 aliphatic rings. The number of aliphatic hydroxyl groups is 2. The van der Waals surface area contributed by atoms with E-state index in [1.165, 1.54) is 205 Å². The fourth-order valence-electron chi connectivity index (χ4n) is 11.8. The van der Waals surface area contributed by atoms with Crippen molar-refractivity contribution in [2.75, 3.05) is 39.6 Å². The number of esters is 3. The average Bonchev–Trinajstić information content (AvgIpc) is 1.81. The summed E-state index contributed by atoms with van der Waals surface area (Å²) in [6, 6.07) is 0. The minimum absolute atomic E-state index is 0.108. The first-order chi connectivity index (χ1) is 51.2. The number of ether oxygens (including phenoxy) is 3. The van der Waals surface area contributed by atoms with Crippen molar-refractivity contribution in [3.05, 3.63) is 97.2 Å². The number of allylic oxidation sites excluding steroid dienone is 16. The first-order valence-corrected chi connectivity index (χ1v) is 45.5. The summed E-state index contributed by atoms with van der Waals surface area (Å²) in [6.07, 6.45) is 93.3. The Morgan fingerprint density at radius 3 is 0.771 bits per heavy atom. The van der Waals surface area contributed by atoms with E-state index in [-0.39, 0.29) is 19.3 Å². The van der Waals surface area contributed by atoms with Gasteiger partial charge in [0.05, 0.1) is 26.4 Å². The van der Waals surface area contributed by atoms with Crippen molar-refractivity contribution in [3.63, 3.8) is 0 Å². The molecule has 0 aromatic rings. The number of hydrogen-bond donors (Lipinski definition) is 4. The van der Waals surface area contributed by atoms with Crippen LogP contribution in [0.25, 0.3) is 0 Å². The molecule has 0 saturated heterocycles. The number of carbonyl (C=O) groups excluding carboxylic acids is 3. The number of phosphoric ester groups is 2. The molecule has 0 spiro atoms. The summed E-state index contributed by atoms with van der Waals surface area (Å²) in [4.78, 5) is 58.7. The van der Waals surface area contributed by atoms with Crippen molar-refractivity contribution in [1.29, 1.82) is 0 Å². The Morgan fingerprint density at radius 1 is 0.267 bits per heavy atom. The van der Waals surface area contributed by atoms with Gasteiger partial charge in [0.25, 0.3) is 0 Å². The molecule has 16 nitrogen and oxygen atoms in total. The predicted molar refractivity (Wildman–Crippen MR) is 436 cm³/mol. The molecule has 0 amide bonds. The number of carbonyl (C=O) groups is 3. The zero-order valence-corrected chi connectivity index (χ0v) is 68.7. The lowest BCUT2D eigenvalue weighted by Gasteiger charge is -2.21. The van der Waals surface area contributed by atoms with Crippen molar-refractivity contribution in [3.8, 4) is 0 Å². The minimum atomic E-state index is -4.92. The van der Waals surface area contributed by atoms with E-state index in [4.69, 9.17) is 32.3 Å². The summed E-state index contributed by atoms with van der Waals surface area (Å²) >= 11 is 0. The largest absolute Gasteiger partial charge is 0.472 e. The fourth-order valence-corrected chi connectivity index (χ4v) is 13.4. The van der Waals surface area contributed by atoms with Crippen LogP contribution in [0.3, 0.4) is 0 Å².